The molecule has 0 unspecified atom stereocenters. The summed E-state index contributed by atoms with van der Waals surface area (Å²) in [6.45, 7) is 13.8. The second-order valence-electron chi connectivity index (χ2n) is 5.77. The lowest BCUT2D eigenvalue weighted by atomic mass is 10.0. The Morgan fingerprint density at radius 1 is 1.05 bits per heavy atom. The van der Waals surface area contributed by atoms with Crippen LogP contribution in [-0.2, 0) is 4.74 Å². The van der Waals surface area contributed by atoms with Gasteiger partial charge in [-0.2, -0.15) is 0 Å². The van der Waals surface area contributed by atoms with Gasteiger partial charge in [0.1, 0.15) is 0 Å². The average molecular weight is 276 g/mol. The van der Waals surface area contributed by atoms with Gasteiger partial charge in [0.05, 0.1) is 6.61 Å². The third-order valence-electron chi connectivity index (χ3n) is 4.05. The Bertz CT molecular complexity index is 380. The molecule has 1 fully saturated rings. The van der Waals surface area contributed by atoms with Crippen LogP contribution in [-0.4, -0.2) is 50.8 Å². The van der Waals surface area contributed by atoms with Gasteiger partial charge in [0.25, 0.3) is 0 Å². The molecule has 1 aromatic rings. The smallest absolute Gasteiger partial charge is 0.0593 e. The zero-order valence-corrected chi connectivity index (χ0v) is 13.1. The molecule has 112 valence electrons. The molecule has 3 nitrogen and oxygen atoms in total. The molecule has 0 spiro atoms. The first kappa shape index (κ1) is 15.3. The van der Waals surface area contributed by atoms with Crippen LogP contribution in [0.15, 0.2) is 24.3 Å². The summed E-state index contributed by atoms with van der Waals surface area (Å²) >= 11 is 0. The highest BCUT2D eigenvalue weighted by molar-refractivity contribution is 5.48. The van der Waals surface area contributed by atoms with Crippen LogP contribution in [0.1, 0.15) is 32.3 Å². The highest BCUT2D eigenvalue weighted by Gasteiger charge is 2.16. The lowest BCUT2D eigenvalue weighted by Crippen LogP contribution is -2.47. The van der Waals surface area contributed by atoms with Crippen LogP contribution in [0.5, 0.6) is 0 Å². The molecule has 0 N–H and O–H groups in total. The summed E-state index contributed by atoms with van der Waals surface area (Å²) < 4.78 is 5.43. The van der Waals surface area contributed by atoms with E-state index in [1.54, 1.807) is 0 Å². The van der Waals surface area contributed by atoms with Crippen molar-refractivity contribution >= 4 is 5.69 Å². The van der Waals surface area contributed by atoms with Gasteiger partial charge in [-0.05, 0) is 30.5 Å². The van der Waals surface area contributed by atoms with Gasteiger partial charge in [0, 0.05) is 45.0 Å². The molecule has 0 aliphatic carbocycles. The van der Waals surface area contributed by atoms with Gasteiger partial charge >= 0.3 is 0 Å². The lowest BCUT2D eigenvalue weighted by Gasteiger charge is -2.36. The lowest BCUT2D eigenvalue weighted by molar-refractivity contribution is 0.111. The fourth-order valence-electron chi connectivity index (χ4n) is 2.64. The first-order valence-corrected chi connectivity index (χ1v) is 7.85. The Hall–Kier alpha value is -1.06. The first-order chi connectivity index (χ1) is 9.70. The summed E-state index contributed by atoms with van der Waals surface area (Å²) in [4.78, 5) is 4.98. The van der Waals surface area contributed by atoms with Crippen LogP contribution >= 0.6 is 0 Å². The number of rotatable bonds is 6. The van der Waals surface area contributed by atoms with Gasteiger partial charge in [0.15, 0.2) is 0 Å². The van der Waals surface area contributed by atoms with Gasteiger partial charge in [-0.3, -0.25) is 4.90 Å². The summed E-state index contributed by atoms with van der Waals surface area (Å²) in [5, 5.41) is 0. The fourth-order valence-corrected chi connectivity index (χ4v) is 2.64. The standard InChI is InChI=1S/C17H28N2O/c1-4-20-14-13-18-9-11-19(12-10-18)17-7-5-16(6-8-17)15(2)3/h5-8,15H,4,9-14H2,1-3H3. The summed E-state index contributed by atoms with van der Waals surface area (Å²) in [6, 6.07) is 9.07. The van der Waals surface area contributed by atoms with Crippen molar-refractivity contribution in [2.45, 2.75) is 26.7 Å². The van der Waals surface area contributed by atoms with Gasteiger partial charge in [-0.15, -0.1) is 0 Å². The number of ether oxygens (including phenoxy) is 1. The third kappa shape index (κ3) is 4.22. The van der Waals surface area contributed by atoms with Crippen LogP contribution in [0.2, 0.25) is 0 Å². The second-order valence-corrected chi connectivity index (χ2v) is 5.77. The van der Waals surface area contributed by atoms with Crippen LogP contribution in [0.3, 0.4) is 0 Å². The zero-order valence-electron chi connectivity index (χ0n) is 13.1. The Morgan fingerprint density at radius 3 is 2.25 bits per heavy atom. The van der Waals surface area contributed by atoms with E-state index >= 15 is 0 Å². The van der Waals surface area contributed by atoms with E-state index in [1.807, 2.05) is 0 Å². The SMILES string of the molecule is CCOCCN1CCN(c2ccc(C(C)C)cc2)CC1. The Morgan fingerprint density at radius 2 is 1.70 bits per heavy atom. The number of anilines is 1. The van der Waals surface area contributed by atoms with Crippen molar-refractivity contribution in [3.8, 4) is 0 Å². The predicted molar refractivity (Wildman–Crippen MR) is 85.7 cm³/mol. The van der Waals surface area contributed by atoms with E-state index in [-0.39, 0.29) is 0 Å². The van der Waals surface area contributed by atoms with E-state index in [4.69, 9.17) is 4.74 Å². The maximum atomic E-state index is 5.43. The van der Waals surface area contributed by atoms with Crippen LogP contribution in [0.25, 0.3) is 0 Å². The molecule has 1 aliphatic rings. The molecule has 0 bridgehead atoms. The number of piperazine rings is 1. The maximum Gasteiger partial charge on any atom is 0.0593 e. The van der Waals surface area contributed by atoms with E-state index in [1.165, 1.54) is 11.3 Å². The number of hydrogen-bond donors (Lipinski definition) is 0. The number of nitrogens with zero attached hydrogens (tertiary/aromatic N) is 2. The highest BCUT2D eigenvalue weighted by atomic mass is 16.5. The molecule has 1 aromatic carbocycles. The molecule has 0 amide bonds. The van der Waals surface area contributed by atoms with Crippen molar-refractivity contribution in [3.05, 3.63) is 29.8 Å². The van der Waals surface area contributed by atoms with Crippen molar-refractivity contribution in [1.29, 1.82) is 0 Å². The molecule has 1 aliphatic heterocycles. The fraction of sp³-hybridized carbons (Fsp3) is 0.647. The van der Waals surface area contributed by atoms with Crippen molar-refractivity contribution in [1.82, 2.24) is 4.90 Å². The molecule has 1 saturated heterocycles. The molecule has 20 heavy (non-hydrogen) atoms. The van der Waals surface area contributed by atoms with Crippen molar-refractivity contribution < 1.29 is 4.74 Å². The molecule has 2 rings (SSSR count). The molecular formula is C17H28N2O. The van der Waals surface area contributed by atoms with Crippen molar-refractivity contribution in [3.63, 3.8) is 0 Å². The maximum absolute atomic E-state index is 5.43. The summed E-state index contributed by atoms with van der Waals surface area (Å²) in [5.41, 5.74) is 2.78. The molecular weight excluding hydrogens is 248 g/mol. The van der Waals surface area contributed by atoms with Gasteiger partial charge in [-0.1, -0.05) is 26.0 Å². The zero-order chi connectivity index (χ0) is 14.4. The topological polar surface area (TPSA) is 15.7 Å². The number of hydrogen-bond acceptors (Lipinski definition) is 3. The van der Waals surface area contributed by atoms with Crippen LogP contribution in [0, 0.1) is 0 Å². The minimum absolute atomic E-state index is 0.611. The van der Waals surface area contributed by atoms with E-state index < -0.39 is 0 Å². The first-order valence-electron chi connectivity index (χ1n) is 7.85. The molecule has 0 aromatic heterocycles. The van der Waals surface area contributed by atoms with Gasteiger partial charge < -0.3 is 9.64 Å². The van der Waals surface area contributed by atoms with E-state index in [0.717, 1.165) is 45.9 Å². The molecule has 0 saturated carbocycles. The summed E-state index contributed by atoms with van der Waals surface area (Å²) in [5.74, 6) is 0.611. The van der Waals surface area contributed by atoms with E-state index in [0.29, 0.717) is 5.92 Å². The molecule has 0 atom stereocenters. The van der Waals surface area contributed by atoms with E-state index in [9.17, 15) is 0 Å². The quantitative estimate of drug-likeness (QED) is 0.743. The minimum atomic E-state index is 0.611. The van der Waals surface area contributed by atoms with Crippen molar-refractivity contribution in [2.24, 2.45) is 0 Å². The Balaban J connectivity index is 1.81. The molecule has 0 radical (unpaired) electrons. The molecule has 3 heteroatoms. The molecule has 1 heterocycles. The second kappa shape index (κ2) is 7.65. The normalized spacial score (nSPS) is 16.9. The Labute approximate surface area is 123 Å². The monoisotopic (exact) mass is 276 g/mol. The summed E-state index contributed by atoms with van der Waals surface area (Å²) in [6.07, 6.45) is 0. The van der Waals surface area contributed by atoms with E-state index in [2.05, 4.69) is 54.8 Å². The number of benzene rings is 1. The summed E-state index contributed by atoms with van der Waals surface area (Å²) in [7, 11) is 0. The van der Waals surface area contributed by atoms with Crippen LogP contribution in [0.4, 0.5) is 5.69 Å². The average Bonchev–Trinajstić information content (AvgIpc) is 2.48. The highest BCUT2D eigenvalue weighted by Crippen LogP contribution is 2.21. The predicted octanol–water partition coefficient (Wildman–Crippen LogP) is 2.97. The minimum Gasteiger partial charge on any atom is -0.380 e. The Kier molecular flexibility index (Phi) is 5.86. The largest absolute Gasteiger partial charge is 0.380 e. The third-order valence-corrected chi connectivity index (χ3v) is 4.05. The van der Waals surface area contributed by atoms with Crippen molar-refractivity contribution in [2.75, 3.05) is 50.8 Å². The van der Waals surface area contributed by atoms with Gasteiger partial charge in [-0.25, -0.2) is 0 Å². The van der Waals surface area contributed by atoms with Gasteiger partial charge in [0.2, 0.25) is 0 Å². The van der Waals surface area contributed by atoms with Crippen LogP contribution < -0.4 is 4.90 Å².